The normalized spacial score (nSPS) is 10.9. The zero-order valence-electron chi connectivity index (χ0n) is 17.0. The van der Waals surface area contributed by atoms with Gasteiger partial charge in [-0.05, 0) is 47.6 Å². The lowest BCUT2D eigenvalue weighted by molar-refractivity contribution is 0.102. The molecule has 8 heteroatoms. The summed E-state index contributed by atoms with van der Waals surface area (Å²) in [6.45, 7) is 10.6. The van der Waals surface area contributed by atoms with Crippen molar-refractivity contribution in [3.8, 4) is 11.5 Å². The smallest absolute Gasteiger partial charge is 0.255 e. The van der Waals surface area contributed by atoms with Crippen LogP contribution in [0.15, 0.2) is 29.0 Å². The highest BCUT2D eigenvalue weighted by Crippen LogP contribution is 2.37. The molecule has 0 saturated carbocycles. The van der Waals surface area contributed by atoms with E-state index in [-0.39, 0.29) is 5.91 Å². The van der Waals surface area contributed by atoms with Crippen LogP contribution in [-0.4, -0.2) is 53.9 Å². The number of methoxy groups -OCH3 is 1. The number of hydrogen-bond donors (Lipinski definition) is 1. The van der Waals surface area contributed by atoms with Gasteiger partial charge in [0.2, 0.25) is 0 Å². The van der Waals surface area contributed by atoms with Gasteiger partial charge in [0.05, 0.1) is 36.6 Å². The van der Waals surface area contributed by atoms with Crippen molar-refractivity contribution in [2.45, 2.75) is 33.7 Å². The number of halogens is 1. The van der Waals surface area contributed by atoms with Gasteiger partial charge >= 0.3 is 0 Å². The van der Waals surface area contributed by atoms with E-state index >= 15 is 0 Å². The molecule has 0 fully saturated rings. The molecule has 2 aromatic rings. The van der Waals surface area contributed by atoms with Crippen molar-refractivity contribution in [1.82, 2.24) is 14.7 Å². The number of ether oxygens (including phenoxy) is 2. The van der Waals surface area contributed by atoms with Crippen molar-refractivity contribution in [2.24, 2.45) is 0 Å². The molecule has 0 bridgehead atoms. The van der Waals surface area contributed by atoms with Crippen molar-refractivity contribution < 1.29 is 14.3 Å². The Hall–Kier alpha value is -2.06. The number of anilines is 1. The first-order valence-electron chi connectivity index (χ1n) is 9.58. The number of benzene rings is 1. The van der Waals surface area contributed by atoms with Gasteiger partial charge in [-0.25, -0.2) is 0 Å². The average molecular weight is 453 g/mol. The Morgan fingerprint density at radius 2 is 2.04 bits per heavy atom. The Bertz CT molecular complexity index is 775. The fourth-order valence-corrected chi connectivity index (χ4v) is 3.29. The van der Waals surface area contributed by atoms with Crippen LogP contribution in [0.4, 0.5) is 5.69 Å². The van der Waals surface area contributed by atoms with Crippen molar-refractivity contribution in [3.63, 3.8) is 0 Å². The summed E-state index contributed by atoms with van der Waals surface area (Å²) in [6.07, 6.45) is 4.38. The highest BCUT2D eigenvalue weighted by Gasteiger charge is 2.16. The van der Waals surface area contributed by atoms with Gasteiger partial charge in [-0.3, -0.25) is 9.48 Å². The fraction of sp³-hybridized carbons (Fsp3) is 0.500. The van der Waals surface area contributed by atoms with E-state index in [2.05, 4.69) is 45.1 Å². The van der Waals surface area contributed by atoms with E-state index in [0.717, 1.165) is 32.6 Å². The van der Waals surface area contributed by atoms with Crippen LogP contribution in [-0.2, 0) is 6.54 Å². The summed E-state index contributed by atoms with van der Waals surface area (Å²) in [4.78, 5) is 15.0. The molecular formula is C20H29BrN4O3. The summed E-state index contributed by atoms with van der Waals surface area (Å²) < 4.78 is 13.6. The summed E-state index contributed by atoms with van der Waals surface area (Å²) >= 11 is 3.47. The second-order valence-electron chi connectivity index (χ2n) is 6.31. The van der Waals surface area contributed by atoms with Crippen molar-refractivity contribution >= 4 is 27.5 Å². The number of aromatic nitrogens is 2. The molecule has 1 N–H and O–H groups in total. The molecule has 154 valence electrons. The van der Waals surface area contributed by atoms with Gasteiger partial charge in [0.25, 0.3) is 5.91 Å². The largest absolute Gasteiger partial charge is 0.493 e. The molecule has 2 rings (SSSR count). The molecule has 28 heavy (non-hydrogen) atoms. The minimum Gasteiger partial charge on any atom is -0.493 e. The Kier molecular flexibility index (Phi) is 8.79. The van der Waals surface area contributed by atoms with Crippen LogP contribution in [0.2, 0.25) is 0 Å². The van der Waals surface area contributed by atoms with E-state index in [1.165, 1.54) is 0 Å². The molecular weight excluding hydrogens is 424 g/mol. The second kappa shape index (κ2) is 11.1. The van der Waals surface area contributed by atoms with E-state index in [1.54, 1.807) is 25.4 Å². The first kappa shape index (κ1) is 22.2. The predicted molar refractivity (Wildman–Crippen MR) is 114 cm³/mol. The Morgan fingerprint density at radius 1 is 1.29 bits per heavy atom. The summed E-state index contributed by atoms with van der Waals surface area (Å²) in [5, 5.41) is 7.21. The van der Waals surface area contributed by atoms with Crippen LogP contribution in [0, 0.1) is 0 Å². The van der Waals surface area contributed by atoms with Crippen molar-refractivity contribution in [3.05, 3.63) is 34.6 Å². The molecule has 0 radical (unpaired) electrons. The number of amides is 1. The maximum Gasteiger partial charge on any atom is 0.255 e. The Balaban J connectivity index is 2.05. The quantitative estimate of drug-likeness (QED) is 0.556. The van der Waals surface area contributed by atoms with E-state index < -0.39 is 0 Å². The molecule has 0 aliphatic carbocycles. The van der Waals surface area contributed by atoms with Gasteiger partial charge in [0.1, 0.15) is 0 Å². The lowest BCUT2D eigenvalue weighted by atomic mass is 10.2. The number of likely N-dealkylation sites (N-methyl/N-ethyl adjacent to an activating group) is 1. The van der Waals surface area contributed by atoms with Gasteiger partial charge in [-0.1, -0.05) is 20.8 Å². The van der Waals surface area contributed by atoms with Gasteiger partial charge in [-0.2, -0.15) is 5.10 Å². The summed E-state index contributed by atoms with van der Waals surface area (Å²) in [5.41, 5.74) is 1.13. The van der Waals surface area contributed by atoms with Crippen LogP contribution in [0.3, 0.4) is 0 Å². The van der Waals surface area contributed by atoms with Crippen LogP contribution in [0.5, 0.6) is 11.5 Å². The molecule has 0 aliphatic heterocycles. The van der Waals surface area contributed by atoms with Crippen LogP contribution < -0.4 is 14.8 Å². The van der Waals surface area contributed by atoms with Gasteiger partial charge < -0.3 is 19.7 Å². The molecule has 0 saturated heterocycles. The lowest BCUT2D eigenvalue weighted by Crippen LogP contribution is -2.27. The average Bonchev–Trinajstić information content (AvgIpc) is 3.14. The topological polar surface area (TPSA) is 68.6 Å². The second-order valence-corrected chi connectivity index (χ2v) is 7.17. The van der Waals surface area contributed by atoms with Crippen LogP contribution >= 0.6 is 15.9 Å². The SMILES string of the molecule is CCCOc1c(Br)cc(C(=O)Nc2cnn(CCN(CC)CC)c2)cc1OC. The summed E-state index contributed by atoms with van der Waals surface area (Å²) in [7, 11) is 1.56. The highest BCUT2D eigenvalue weighted by molar-refractivity contribution is 9.10. The molecule has 1 aromatic carbocycles. The summed E-state index contributed by atoms with van der Waals surface area (Å²) in [5.74, 6) is 0.886. The van der Waals surface area contributed by atoms with E-state index in [4.69, 9.17) is 9.47 Å². The number of rotatable bonds is 11. The number of carbonyl (C=O) groups is 1. The highest BCUT2D eigenvalue weighted by atomic mass is 79.9. The number of nitrogens with zero attached hydrogens (tertiary/aromatic N) is 3. The third kappa shape index (κ3) is 5.97. The predicted octanol–water partition coefficient (Wildman–Crippen LogP) is 4.04. The van der Waals surface area contributed by atoms with Gasteiger partial charge in [0, 0.05) is 18.3 Å². The fourth-order valence-electron chi connectivity index (χ4n) is 2.73. The van der Waals surface area contributed by atoms with Gasteiger partial charge in [0.15, 0.2) is 11.5 Å². The Morgan fingerprint density at radius 3 is 2.68 bits per heavy atom. The maximum absolute atomic E-state index is 12.7. The molecule has 1 aromatic heterocycles. The third-order valence-corrected chi connectivity index (χ3v) is 4.96. The van der Waals surface area contributed by atoms with E-state index in [1.807, 2.05) is 17.8 Å². The first-order valence-corrected chi connectivity index (χ1v) is 10.4. The van der Waals surface area contributed by atoms with Gasteiger partial charge in [-0.15, -0.1) is 0 Å². The van der Waals surface area contributed by atoms with E-state index in [0.29, 0.717) is 33.8 Å². The monoisotopic (exact) mass is 452 g/mol. The molecule has 1 heterocycles. The number of hydrogen-bond acceptors (Lipinski definition) is 5. The Labute approximate surface area is 175 Å². The lowest BCUT2D eigenvalue weighted by Gasteiger charge is -2.17. The number of nitrogens with one attached hydrogen (secondary N) is 1. The van der Waals surface area contributed by atoms with E-state index in [9.17, 15) is 4.79 Å². The molecule has 1 amide bonds. The third-order valence-electron chi connectivity index (χ3n) is 4.37. The minimum absolute atomic E-state index is 0.232. The van der Waals surface area contributed by atoms with Crippen LogP contribution in [0.1, 0.15) is 37.6 Å². The molecule has 0 atom stereocenters. The summed E-state index contributed by atoms with van der Waals surface area (Å²) in [6, 6.07) is 3.41. The first-order chi connectivity index (χ1) is 13.5. The zero-order chi connectivity index (χ0) is 20.5. The van der Waals surface area contributed by atoms with Crippen LogP contribution in [0.25, 0.3) is 0 Å². The standard InChI is InChI=1S/C20H29BrN4O3/c1-5-10-28-19-17(21)11-15(12-18(19)27-4)20(26)23-16-13-22-25(14-16)9-8-24(6-2)7-3/h11-14H,5-10H2,1-4H3,(H,23,26). The molecule has 0 unspecified atom stereocenters. The maximum atomic E-state index is 12.7. The van der Waals surface area contributed by atoms with Crippen molar-refractivity contribution in [2.75, 3.05) is 38.7 Å². The molecule has 7 nitrogen and oxygen atoms in total. The zero-order valence-corrected chi connectivity index (χ0v) is 18.6. The van der Waals surface area contributed by atoms with Crippen molar-refractivity contribution in [1.29, 1.82) is 0 Å². The molecule has 0 aliphatic rings. The molecule has 0 spiro atoms. The minimum atomic E-state index is -0.232. The number of carbonyl (C=O) groups excluding carboxylic acids is 1.